The van der Waals surface area contributed by atoms with Gasteiger partial charge in [0.15, 0.2) is 11.4 Å². The number of amides is 1. The summed E-state index contributed by atoms with van der Waals surface area (Å²) in [6, 6.07) is 4.14. The summed E-state index contributed by atoms with van der Waals surface area (Å²) >= 11 is 0. The van der Waals surface area contributed by atoms with Crippen molar-refractivity contribution in [2.24, 2.45) is 11.8 Å². The molecule has 3 atom stereocenters. The Balaban J connectivity index is 1.79. The third-order valence-electron chi connectivity index (χ3n) is 5.06. The molecule has 1 aromatic heterocycles. The lowest BCUT2D eigenvalue weighted by Gasteiger charge is -2.36. The number of carbonyl (C=O) groups excluding carboxylic acids is 1. The van der Waals surface area contributed by atoms with E-state index in [4.69, 9.17) is 0 Å². The van der Waals surface area contributed by atoms with Crippen molar-refractivity contribution in [2.45, 2.75) is 39.4 Å². The molecule has 1 N–H and O–H groups in total. The molecule has 1 fully saturated rings. The van der Waals surface area contributed by atoms with Crippen molar-refractivity contribution in [3.05, 3.63) is 41.5 Å². The molecule has 0 bridgehead atoms. The normalized spacial score (nSPS) is 21.4. The fourth-order valence-electron chi connectivity index (χ4n) is 4.14. The molecule has 30 heavy (non-hydrogen) atoms. The highest BCUT2D eigenvalue weighted by atomic mass is 19.4. The second-order valence-electron chi connectivity index (χ2n) is 8.22. The molecule has 3 unspecified atom stereocenters. The summed E-state index contributed by atoms with van der Waals surface area (Å²) in [5.74, 6) is -0.629. The number of rotatable bonds is 5. The van der Waals surface area contributed by atoms with Gasteiger partial charge < -0.3 is 10.2 Å². The van der Waals surface area contributed by atoms with Crippen LogP contribution in [-0.2, 0) is 6.18 Å². The van der Waals surface area contributed by atoms with Crippen LogP contribution in [0.1, 0.15) is 43.4 Å². The molecule has 0 aliphatic carbocycles. The number of nitrogens with zero attached hydrogens (tertiary/aromatic N) is 4. The van der Waals surface area contributed by atoms with Crippen LogP contribution in [0.25, 0.3) is 5.69 Å². The zero-order chi connectivity index (χ0) is 22.1. The number of nitrogens with one attached hydrogen (secondary N) is 1. The van der Waals surface area contributed by atoms with Gasteiger partial charge in [0.1, 0.15) is 5.82 Å². The lowest BCUT2D eigenvalue weighted by molar-refractivity contribution is -0.143. The first-order chi connectivity index (χ1) is 14.0. The topological polar surface area (TPSA) is 63.1 Å². The van der Waals surface area contributed by atoms with Gasteiger partial charge in [-0.2, -0.15) is 13.2 Å². The first kappa shape index (κ1) is 22.2. The first-order valence-electron chi connectivity index (χ1n) is 9.86. The van der Waals surface area contributed by atoms with Crippen LogP contribution in [0.2, 0.25) is 0 Å². The molecule has 164 valence electrons. The molecule has 1 aromatic carbocycles. The Morgan fingerprint density at radius 1 is 1.27 bits per heavy atom. The van der Waals surface area contributed by atoms with Crippen LogP contribution >= 0.6 is 0 Å². The SMILES string of the molecule is CC1CC(C)CN(CC(C)NC(=O)c2nnn(-c3cccc(F)c3)c2C(F)(F)F)C1. The molecule has 1 aliphatic rings. The van der Waals surface area contributed by atoms with E-state index in [-0.39, 0.29) is 11.7 Å². The molecule has 10 heteroatoms. The second-order valence-corrected chi connectivity index (χ2v) is 8.22. The summed E-state index contributed by atoms with van der Waals surface area (Å²) in [7, 11) is 0. The fraction of sp³-hybridized carbons (Fsp3) is 0.550. The summed E-state index contributed by atoms with van der Waals surface area (Å²) in [6.45, 7) is 8.35. The summed E-state index contributed by atoms with van der Waals surface area (Å²) < 4.78 is 55.0. The lowest BCUT2D eigenvalue weighted by Crippen LogP contribution is -2.47. The zero-order valence-electron chi connectivity index (χ0n) is 17.1. The minimum atomic E-state index is -4.90. The number of piperidine rings is 1. The van der Waals surface area contributed by atoms with E-state index in [9.17, 15) is 22.4 Å². The number of hydrogen-bond donors (Lipinski definition) is 1. The summed E-state index contributed by atoms with van der Waals surface area (Å²) in [5, 5.41) is 9.52. The van der Waals surface area contributed by atoms with Crippen LogP contribution < -0.4 is 5.32 Å². The Labute approximate surface area is 172 Å². The zero-order valence-corrected chi connectivity index (χ0v) is 17.1. The predicted octanol–water partition coefficient (Wildman–Crippen LogP) is 3.52. The van der Waals surface area contributed by atoms with E-state index in [1.807, 2.05) is 0 Å². The minimum absolute atomic E-state index is 0.168. The Bertz CT molecular complexity index is 888. The van der Waals surface area contributed by atoms with Crippen LogP contribution in [-0.4, -0.2) is 51.5 Å². The van der Waals surface area contributed by atoms with Gasteiger partial charge >= 0.3 is 6.18 Å². The number of carbonyl (C=O) groups is 1. The van der Waals surface area contributed by atoms with Gasteiger partial charge in [0, 0.05) is 25.7 Å². The smallest absolute Gasteiger partial charge is 0.347 e. The highest BCUT2D eigenvalue weighted by Gasteiger charge is 2.42. The van der Waals surface area contributed by atoms with Gasteiger partial charge in [-0.1, -0.05) is 25.1 Å². The van der Waals surface area contributed by atoms with Gasteiger partial charge in [0.2, 0.25) is 0 Å². The quantitative estimate of drug-likeness (QED) is 0.742. The van der Waals surface area contributed by atoms with E-state index in [2.05, 4.69) is 34.4 Å². The van der Waals surface area contributed by atoms with Crippen molar-refractivity contribution in [1.82, 2.24) is 25.2 Å². The molecule has 3 rings (SSSR count). The predicted molar refractivity (Wildman–Crippen MR) is 103 cm³/mol. The lowest BCUT2D eigenvalue weighted by atomic mass is 9.92. The standard InChI is InChI=1S/C20H25F4N5O/c1-12-7-13(2)10-28(9-12)11-14(3)25-19(30)17-18(20(22,23)24)29(27-26-17)16-6-4-5-15(21)8-16/h4-6,8,12-14H,7,9-11H2,1-3H3,(H,25,30). The number of benzene rings is 1. The third kappa shape index (κ3) is 5.16. The van der Waals surface area contributed by atoms with Crippen LogP contribution in [0.4, 0.5) is 17.6 Å². The first-order valence-corrected chi connectivity index (χ1v) is 9.86. The van der Waals surface area contributed by atoms with Crippen molar-refractivity contribution in [1.29, 1.82) is 0 Å². The van der Waals surface area contributed by atoms with E-state index >= 15 is 0 Å². The molecule has 0 radical (unpaired) electrons. The van der Waals surface area contributed by atoms with E-state index < -0.39 is 29.3 Å². The Hall–Kier alpha value is -2.49. The van der Waals surface area contributed by atoms with E-state index in [0.717, 1.165) is 31.6 Å². The molecule has 0 saturated carbocycles. The molecule has 2 heterocycles. The van der Waals surface area contributed by atoms with E-state index in [1.165, 1.54) is 12.1 Å². The number of alkyl halides is 3. The minimum Gasteiger partial charge on any atom is -0.347 e. The number of likely N-dealkylation sites (tertiary alicyclic amines) is 1. The van der Waals surface area contributed by atoms with Gasteiger partial charge in [-0.3, -0.25) is 4.79 Å². The monoisotopic (exact) mass is 427 g/mol. The third-order valence-corrected chi connectivity index (χ3v) is 5.06. The van der Waals surface area contributed by atoms with Gasteiger partial charge in [-0.05, 0) is 43.4 Å². The fourth-order valence-corrected chi connectivity index (χ4v) is 4.14. The largest absolute Gasteiger partial charge is 0.435 e. The summed E-state index contributed by atoms with van der Waals surface area (Å²) in [5.41, 5.74) is -2.34. The van der Waals surface area contributed by atoms with Crippen molar-refractivity contribution in [3.8, 4) is 5.69 Å². The average molecular weight is 427 g/mol. The highest BCUT2D eigenvalue weighted by Crippen LogP contribution is 2.33. The molecular weight excluding hydrogens is 402 g/mol. The van der Waals surface area contributed by atoms with Gasteiger partial charge in [0.25, 0.3) is 5.91 Å². The van der Waals surface area contributed by atoms with Crippen molar-refractivity contribution < 1.29 is 22.4 Å². The Morgan fingerprint density at radius 2 is 1.93 bits per heavy atom. The molecule has 1 amide bonds. The summed E-state index contributed by atoms with van der Waals surface area (Å²) in [4.78, 5) is 14.8. The van der Waals surface area contributed by atoms with Crippen LogP contribution in [0.3, 0.4) is 0 Å². The van der Waals surface area contributed by atoms with Gasteiger partial charge in [-0.15, -0.1) is 5.10 Å². The van der Waals surface area contributed by atoms with E-state index in [1.54, 1.807) is 6.92 Å². The molecule has 2 aromatic rings. The molecule has 0 spiro atoms. The Kier molecular flexibility index (Phi) is 6.44. The van der Waals surface area contributed by atoms with Crippen molar-refractivity contribution in [3.63, 3.8) is 0 Å². The maximum Gasteiger partial charge on any atom is 0.435 e. The van der Waals surface area contributed by atoms with E-state index in [0.29, 0.717) is 23.1 Å². The van der Waals surface area contributed by atoms with Crippen molar-refractivity contribution >= 4 is 5.91 Å². The molecule has 6 nitrogen and oxygen atoms in total. The molecule has 1 saturated heterocycles. The molecular formula is C20H25F4N5O. The average Bonchev–Trinajstić information content (AvgIpc) is 3.06. The highest BCUT2D eigenvalue weighted by molar-refractivity contribution is 5.93. The maximum absolute atomic E-state index is 13.7. The molecule has 1 aliphatic heterocycles. The van der Waals surface area contributed by atoms with Crippen LogP contribution in [0.15, 0.2) is 24.3 Å². The Morgan fingerprint density at radius 3 is 2.53 bits per heavy atom. The van der Waals surface area contributed by atoms with Crippen LogP contribution in [0, 0.1) is 17.7 Å². The summed E-state index contributed by atoms with van der Waals surface area (Å²) in [6.07, 6.45) is -3.77. The second kappa shape index (κ2) is 8.71. The number of hydrogen-bond acceptors (Lipinski definition) is 4. The number of aromatic nitrogens is 3. The van der Waals surface area contributed by atoms with Crippen molar-refractivity contribution in [2.75, 3.05) is 19.6 Å². The van der Waals surface area contributed by atoms with Gasteiger partial charge in [-0.25, -0.2) is 9.07 Å². The van der Waals surface area contributed by atoms with Gasteiger partial charge in [0.05, 0.1) is 5.69 Å². The number of halogens is 4. The van der Waals surface area contributed by atoms with Crippen LogP contribution in [0.5, 0.6) is 0 Å². The maximum atomic E-state index is 13.7.